The van der Waals surface area contributed by atoms with Crippen molar-refractivity contribution in [1.29, 1.82) is 0 Å². The number of benzene rings is 1. The van der Waals surface area contributed by atoms with E-state index in [4.69, 9.17) is 9.84 Å². The molecular weight excluding hydrogens is 367 g/mol. The lowest BCUT2D eigenvalue weighted by molar-refractivity contribution is -0.150. The molecule has 0 radical (unpaired) electrons. The van der Waals surface area contributed by atoms with Gasteiger partial charge in [-0.05, 0) is 31.2 Å². The van der Waals surface area contributed by atoms with Crippen LogP contribution < -0.4 is 9.46 Å². The summed E-state index contributed by atoms with van der Waals surface area (Å²) in [6, 6.07) is 5.83. The molecule has 1 heterocycles. The van der Waals surface area contributed by atoms with Crippen LogP contribution in [0.4, 0.5) is 4.39 Å². The third-order valence-corrected chi connectivity index (χ3v) is 5.51. The Balaban J connectivity index is 1.86. The van der Waals surface area contributed by atoms with Crippen LogP contribution in [0.3, 0.4) is 0 Å². The maximum Gasteiger partial charge on any atom is 0.343 e. The number of carbonyl (C=O) groups is 2. The summed E-state index contributed by atoms with van der Waals surface area (Å²) in [6.07, 6.45) is -0.460. The molecule has 1 fully saturated rings. The number of likely N-dealkylation sites (tertiary alicyclic amines) is 1. The Morgan fingerprint density at radius 2 is 2.00 bits per heavy atom. The van der Waals surface area contributed by atoms with E-state index >= 15 is 0 Å². The summed E-state index contributed by atoms with van der Waals surface area (Å²) in [7, 11) is -3.79. The molecule has 144 valence electrons. The average molecular weight is 388 g/mol. The molecule has 0 spiro atoms. The van der Waals surface area contributed by atoms with Crippen molar-refractivity contribution in [2.24, 2.45) is 0 Å². The molecule has 8 nitrogen and oxygen atoms in total. The van der Waals surface area contributed by atoms with Gasteiger partial charge in [-0.15, -0.1) is 0 Å². The van der Waals surface area contributed by atoms with Gasteiger partial charge >= 0.3 is 5.97 Å². The third-order valence-electron chi connectivity index (χ3n) is 4.03. The molecule has 1 saturated heterocycles. The molecule has 0 bridgehead atoms. The van der Waals surface area contributed by atoms with Gasteiger partial charge in [0, 0.05) is 25.9 Å². The van der Waals surface area contributed by atoms with Crippen LogP contribution in [0.2, 0.25) is 0 Å². The van der Waals surface area contributed by atoms with Crippen LogP contribution in [0.5, 0.6) is 5.75 Å². The van der Waals surface area contributed by atoms with E-state index in [9.17, 15) is 22.4 Å². The van der Waals surface area contributed by atoms with Gasteiger partial charge in [0.1, 0.15) is 5.75 Å². The number of amides is 1. The Bertz CT molecular complexity index is 767. The molecule has 1 aliphatic rings. The average Bonchev–Trinajstić information content (AvgIpc) is 2.99. The highest BCUT2D eigenvalue weighted by Gasteiger charge is 2.46. The minimum atomic E-state index is -3.79. The maximum atomic E-state index is 14.0. The quantitative estimate of drug-likeness (QED) is 0.680. The summed E-state index contributed by atoms with van der Waals surface area (Å²) in [5.41, 5.74) is -2.43. The Kier molecular flexibility index (Phi) is 6.19. The van der Waals surface area contributed by atoms with Crippen molar-refractivity contribution in [2.75, 3.05) is 26.2 Å². The second-order valence-electron chi connectivity index (χ2n) is 5.89. The van der Waals surface area contributed by atoms with Crippen LogP contribution in [0.15, 0.2) is 29.2 Å². The molecule has 0 saturated carbocycles. The first-order valence-electron chi connectivity index (χ1n) is 8.10. The second-order valence-corrected chi connectivity index (χ2v) is 7.65. The topological polar surface area (TPSA) is 113 Å². The van der Waals surface area contributed by atoms with Crippen molar-refractivity contribution >= 4 is 21.9 Å². The van der Waals surface area contributed by atoms with Crippen LogP contribution in [0, 0.1) is 0 Å². The maximum absolute atomic E-state index is 14.0. The summed E-state index contributed by atoms with van der Waals surface area (Å²) in [4.78, 5) is 24.0. The van der Waals surface area contributed by atoms with E-state index in [1.165, 1.54) is 24.3 Å². The van der Waals surface area contributed by atoms with Gasteiger partial charge in [-0.1, -0.05) is 0 Å². The van der Waals surface area contributed by atoms with Gasteiger partial charge in [0.05, 0.1) is 18.0 Å². The number of aliphatic carboxylic acids is 1. The first kappa shape index (κ1) is 20.1. The van der Waals surface area contributed by atoms with Gasteiger partial charge in [0.25, 0.3) is 0 Å². The molecular formula is C16H21FN2O6S. The lowest BCUT2D eigenvalue weighted by Gasteiger charge is -2.17. The number of sulfonamides is 1. The number of rotatable bonds is 8. The van der Waals surface area contributed by atoms with Gasteiger partial charge in [0.15, 0.2) is 0 Å². The first-order valence-corrected chi connectivity index (χ1v) is 9.59. The smallest absolute Gasteiger partial charge is 0.343 e. The van der Waals surface area contributed by atoms with Crippen LogP contribution in [-0.4, -0.2) is 62.2 Å². The van der Waals surface area contributed by atoms with E-state index in [0.29, 0.717) is 12.4 Å². The fourth-order valence-electron chi connectivity index (χ4n) is 2.58. The number of carbonyl (C=O) groups excluding carboxylic acids is 1. The Hall–Kier alpha value is -2.20. The monoisotopic (exact) mass is 388 g/mol. The summed E-state index contributed by atoms with van der Waals surface area (Å²) in [5.74, 6) is -1.55. The Labute approximate surface area is 151 Å². The van der Waals surface area contributed by atoms with Crippen LogP contribution in [0.25, 0.3) is 0 Å². The lowest BCUT2D eigenvalue weighted by atomic mass is 10.1. The summed E-state index contributed by atoms with van der Waals surface area (Å²) in [6.45, 7) is 1.58. The zero-order valence-electron chi connectivity index (χ0n) is 14.3. The van der Waals surface area contributed by atoms with Gasteiger partial charge in [-0.3, -0.25) is 4.79 Å². The van der Waals surface area contributed by atoms with Crippen molar-refractivity contribution < 1.29 is 32.2 Å². The predicted molar refractivity (Wildman–Crippen MR) is 90.1 cm³/mol. The third kappa shape index (κ3) is 4.70. The Morgan fingerprint density at radius 1 is 1.35 bits per heavy atom. The molecule has 1 amide bonds. The number of halogens is 1. The highest BCUT2D eigenvalue weighted by Crippen LogP contribution is 2.26. The molecule has 1 aromatic carbocycles. The number of alkyl halides is 1. The molecule has 26 heavy (non-hydrogen) atoms. The fraction of sp³-hybridized carbons (Fsp3) is 0.500. The zero-order chi connectivity index (χ0) is 19.4. The molecule has 1 aliphatic heterocycles. The lowest BCUT2D eigenvalue weighted by Crippen LogP contribution is -2.39. The number of carboxylic acid groups (broad SMARTS) is 1. The SMILES string of the molecule is CCOc1ccc(S(=O)(=O)NCCC(=O)N2CCC(F)(C(=O)O)C2)cc1. The van der Waals surface area contributed by atoms with E-state index in [2.05, 4.69) is 4.72 Å². The number of carboxylic acids is 1. The standard InChI is InChI=1S/C16H21FN2O6S/c1-2-25-12-3-5-13(6-4-12)26(23,24)18-9-7-14(20)19-10-8-16(17,11-19)15(21)22/h3-6,18H,2,7-11H2,1H3,(H,21,22). The van der Waals surface area contributed by atoms with Crippen LogP contribution in [-0.2, 0) is 19.6 Å². The zero-order valence-corrected chi connectivity index (χ0v) is 15.1. The van der Waals surface area contributed by atoms with E-state index < -0.39 is 34.1 Å². The number of nitrogens with one attached hydrogen (secondary N) is 1. The van der Waals surface area contributed by atoms with Crippen molar-refractivity contribution in [2.45, 2.75) is 30.3 Å². The molecule has 1 atom stereocenters. The van der Waals surface area contributed by atoms with Gasteiger partial charge in [-0.25, -0.2) is 22.3 Å². The molecule has 1 aromatic rings. The largest absolute Gasteiger partial charge is 0.494 e. The van der Waals surface area contributed by atoms with Gasteiger partial charge in [0.2, 0.25) is 21.6 Å². The minimum Gasteiger partial charge on any atom is -0.494 e. The van der Waals surface area contributed by atoms with Gasteiger partial charge in [-0.2, -0.15) is 0 Å². The Morgan fingerprint density at radius 3 is 2.54 bits per heavy atom. The fourth-order valence-corrected chi connectivity index (χ4v) is 3.61. The van der Waals surface area contributed by atoms with Crippen LogP contribution in [0.1, 0.15) is 19.8 Å². The number of ether oxygens (including phenoxy) is 1. The van der Waals surface area contributed by atoms with Crippen molar-refractivity contribution in [3.63, 3.8) is 0 Å². The van der Waals surface area contributed by atoms with E-state index in [1.807, 2.05) is 6.92 Å². The molecule has 2 rings (SSSR count). The van der Waals surface area contributed by atoms with Gasteiger partial charge < -0.3 is 14.7 Å². The molecule has 0 aromatic heterocycles. The summed E-state index contributed by atoms with van der Waals surface area (Å²) in [5, 5.41) is 8.82. The molecule has 1 unspecified atom stereocenters. The predicted octanol–water partition coefficient (Wildman–Crippen LogP) is 0.779. The summed E-state index contributed by atoms with van der Waals surface area (Å²) < 4.78 is 45.9. The second kappa shape index (κ2) is 8.00. The van der Waals surface area contributed by atoms with E-state index in [-0.39, 0.29) is 30.8 Å². The highest BCUT2D eigenvalue weighted by molar-refractivity contribution is 7.89. The van der Waals surface area contributed by atoms with E-state index in [0.717, 1.165) is 4.90 Å². The molecule has 0 aliphatic carbocycles. The summed E-state index contributed by atoms with van der Waals surface area (Å²) >= 11 is 0. The van der Waals surface area contributed by atoms with Crippen LogP contribution >= 0.6 is 0 Å². The normalized spacial score (nSPS) is 20.2. The minimum absolute atomic E-state index is 0.00667. The number of hydrogen-bond acceptors (Lipinski definition) is 5. The van der Waals surface area contributed by atoms with Crippen molar-refractivity contribution in [1.82, 2.24) is 9.62 Å². The molecule has 10 heteroatoms. The molecule has 2 N–H and O–H groups in total. The number of nitrogens with zero attached hydrogens (tertiary/aromatic N) is 1. The van der Waals surface area contributed by atoms with E-state index in [1.54, 1.807) is 0 Å². The first-order chi connectivity index (χ1) is 12.2. The van der Waals surface area contributed by atoms with Crippen molar-refractivity contribution in [3.8, 4) is 5.75 Å². The van der Waals surface area contributed by atoms with Crippen molar-refractivity contribution in [3.05, 3.63) is 24.3 Å². The highest BCUT2D eigenvalue weighted by atomic mass is 32.2. The number of hydrogen-bond donors (Lipinski definition) is 2.